The molecule has 0 amide bonds. The Kier molecular flexibility index (Phi) is 6.43. The number of rotatable bonds is 11. The molecular formula is C18H26O9. The highest BCUT2D eigenvalue weighted by Crippen LogP contribution is 2.30. The van der Waals surface area contributed by atoms with E-state index in [-0.39, 0.29) is 5.56 Å². The number of Topliss-reactive ketones (excluding diaryl/α,β-unsaturated/α-hetero) is 1. The van der Waals surface area contributed by atoms with Gasteiger partial charge in [-0.05, 0) is 12.8 Å². The van der Waals surface area contributed by atoms with E-state index < -0.39 is 42.3 Å². The van der Waals surface area contributed by atoms with Gasteiger partial charge in [0.05, 0.1) is 12.7 Å². The average Bonchev–Trinajstić information content (AvgIpc) is 2.78. The Morgan fingerprint density at radius 1 is 1.15 bits per heavy atom. The maximum atomic E-state index is 13.0. The summed E-state index contributed by atoms with van der Waals surface area (Å²) in [5.74, 6) is -7.83. The van der Waals surface area contributed by atoms with Crippen LogP contribution in [0.25, 0.3) is 0 Å². The molecule has 1 aliphatic rings. The molecule has 1 fully saturated rings. The van der Waals surface area contributed by atoms with Crippen LogP contribution in [0.1, 0.15) is 42.5 Å². The van der Waals surface area contributed by atoms with E-state index in [1.165, 1.54) is 24.3 Å². The highest BCUT2D eigenvalue weighted by Gasteiger charge is 2.61. The quantitative estimate of drug-likeness (QED) is 0.124. The molecule has 0 spiro atoms. The van der Waals surface area contributed by atoms with Crippen molar-refractivity contribution in [2.24, 2.45) is 0 Å². The maximum Gasteiger partial charge on any atom is 0.259 e. The lowest BCUT2D eigenvalue weighted by atomic mass is 9.90. The second kappa shape index (κ2) is 9.18. The zero-order chi connectivity index (χ0) is 21.5. The second-order valence-corrected chi connectivity index (χ2v) is 6.65. The summed E-state index contributed by atoms with van der Waals surface area (Å²) in [4.78, 5) is 23.4. The lowest BCUT2D eigenvalue weighted by Crippen LogP contribution is -2.69. The van der Waals surface area contributed by atoms with Gasteiger partial charge in [0.1, 0.15) is 6.10 Å². The Balaban J connectivity index is 2.40. The molecule has 0 radical (unpaired) electrons. The largest absolute Gasteiger partial charge is 0.393 e. The molecule has 1 aliphatic carbocycles. The Bertz CT molecular complexity index is 643. The molecule has 1 aromatic rings. The first-order valence-electron chi connectivity index (χ1n) is 9.59. The molecule has 1 aromatic carbocycles. The molecule has 27 heavy (non-hydrogen) atoms. The van der Waals surface area contributed by atoms with E-state index in [0.29, 0.717) is 12.8 Å². The molecule has 0 bridgehead atoms. The molecular weight excluding hydrogens is 360 g/mol. The maximum absolute atomic E-state index is 13.0. The molecule has 0 aliphatic heterocycles. The van der Waals surface area contributed by atoms with Gasteiger partial charge in [-0.15, -0.1) is 0 Å². The van der Waals surface area contributed by atoms with Gasteiger partial charge >= 0.3 is 0 Å². The van der Waals surface area contributed by atoms with Crippen LogP contribution in [0.15, 0.2) is 30.3 Å². The van der Waals surface area contributed by atoms with Gasteiger partial charge in [0.25, 0.3) is 11.6 Å². The first kappa shape index (κ1) is 18.9. The van der Waals surface area contributed by atoms with Gasteiger partial charge in [-0.2, -0.15) is 0 Å². The van der Waals surface area contributed by atoms with Crippen LogP contribution < -0.4 is 0 Å². The third kappa shape index (κ3) is 4.89. The van der Waals surface area contributed by atoms with E-state index in [1.54, 1.807) is 6.07 Å². The predicted octanol–water partition coefficient (Wildman–Crippen LogP) is -0.766. The van der Waals surface area contributed by atoms with Crippen molar-refractivity contribution in [1.82, 2.24) is 0 Å². The van der Waals surface area contributed by atoms with E-state index in [1.807, 2.05) is 0 Å². The number of carbonyl (C=O) groups excluding carboxylic acids is 1. The van der Waals surface area contributed by atoms with E-state index in [2.05, 4.69) is 10.2 Å². The molecule has 9 nitrogen and oxygen atoms in total. The first-order chi connectivity index (χ1) is 13.8. The summed E-state index contributed by atoms with van der Waals surface area (Å²) in [5, 5.41) is 48.6. The summed E-state index contributed by atoms with van der Waals surface area (Å²) in [6.07, 6.45) is -0.948. The zero-order valence-electron chi connectivity index (χ0n) is 16.7. The molecule has 2 rings (SSSR count). The number of carbonyl (C=O) groups is 1. The number of ketones is 1. The molecule has 9 heteroatoms. The molecule has 152 valence electrons. The fourth-order valence-corrected chi connectivity index (χ4v) is 2.89. The monoisotopic (exact) mass is 388 g/mol. The van der Waals surface area contributed by atoms with Gasteiger partial charge in [-0.25, -0.2) is 9.78 Å². The van der Waals surface area contributed by atoms with Crippen molar-refractivity contribution in [2.45, 2.75) is 62.0 Å². The second-order valence-electron chi connectivity index (χ2n) is 6.65. The first-order valence-corrected chi connectivity index (χ1v) is 8.77. The van der Waals surface area contributed by atoms with Crippen molar-refractivity contribution in [3.05, 3.63) is 35.9 Å². The van der Waals surface area contributed by atoms with Gasteiger partial charge < -0.3 is 30.6 Å². The normalized spacial score (nSPS) is 23.4. The number of hydrogen-bond acceptors (Lipinski definition) is 9. The highest BCUT2D eigenvalue weighted by atomic mass is 17.2. The summed E-state index contributed by atoms with van der Waals surface area (Å²) >= 11 is 0. The Morgan fingerprint density at radius 2 is 1.78 bits per heavy atom. The smallest absolute Gasteiger partial charge is 0.259 e. The molecule has 4 atom stereocenters. The molecule has 0 unspecified atom stereocenters. The molecule has 6 N–H and O–H groups in total. The topological polar surface area (TPSA) is 157 Å². The molecule has 0 saturated heterocycles. The van der Waals surface area contributed by atoms with Crippen LogP contribution in [0.4, 0.5) is 0 Å². The van der Waals surface area contributed by atoms with Crippen molar-refractivity contribution < 1.29 is 45.2 Å². The third-order valence-corrected chi connectivity index (χ3v) is 4.63. The van der Waals surface area contributed by atoms with Gasteiger partial charge in [0, 0.05) is 5.56 Å². The van der Waals surface area contributed by atoms with Crippen LogP contribution in [0, 0.1) is 0 Å². The molecule has 1 saturated carbocycles. The van der Waals surface area contributed by atoms with Crippen LogP contribution in [-0.4, -0.2) is 75.8 Å². The minimum Gasteiger partial charge on any atom is -0.393 e. The fourth-order valence-electron chi connectivity index (χ4n) is 2.89. The Morgan fingerprint density at radius 3 is 2.33 bits per heavy atom. The fraction of sp³-hybridized carbons (Fsp3) is 0.611. The summed E-state index contributed by atoms with van der Waals surface area (Å²) in [6, 6.07) is 7.46. The van der Waals surface area contributed by atoms with Crippen LogP contribution in [0.5, 0.6) is 0 Å². The van der Waals surface area contributed by atoms with Crippen LogP contribution >= 0.6 is 0 Å². The lowest BCUT2D eigenvalue weighted by molar-refractivity contribution is -0.451. The predicted molar refractivity (Wildman–Crippen MR) is 91.0 cm³/mol. The van der Waals surface area contributed by atoms with Gasteiger partial charge in [-0.3, -0.25) is 4.79 Å². The lowest BCUT2D eigenvalue weighted by Gasteiger charge is -2.40. The van der Waals surface area contributed by atoms with Crippen molar-refractivity contribution >= 4 is 5.78 Å². The third-order valence-electron chi connectivity index (χ3n) is 4.63. The summed E-state index contributed by atoms with van der Waals surface area (Å²) in [6.45, 7) is -1.18. The number of aliphatic hydroxyl groups excluding tert-OH is 2. The highest BCUT2D eigenvalue weighted by molar-refractivity contribution is 6.00. The van der Waals surface area contributed by atoms with E-state index in [9.17, 15) is 25.2 Å². The van der Waals surface area contributed by atoms with Crippen LogP contribution in [0.3, 0.4) is 0 Å². The van der Waals surface area contributed by atoms with Gasteiger partial charge in [0.15, 0.2) is 0 Å². The summed E-state index contributed by atoms with van der Waals surface area (Å²) < 4.78 is 14.3. The SMILES string of the molecule is [2H]O[C@@](O)([C@H](O)CO)[C@@](O)(O[2H])[C@@H](OOC1CCCCC1)C(=O)c1ccccc1. The zero-order valence-corrected chi connectivity index (χ0v) is 14.7. The molecule has 0 heterocycles. The molecule has 0 aromatic heterocycles. The van der Waals surface area contributed by atoms with Crippen molar-refractivity contribution in [2.75, 3.05) is 6.61 Å². The van der Waals surface area contributed by atoms with Crippen molar-refractivity contribution in [1.29, 1.82) is 2.86 Å². The van der Waals surface area contributed by atoms with Crippen molar-refractivity contribution in [3.8, 4) is 0 Å². The van der Waals surface area contributed by atoms with Gasteiger partial charge in [-0.1, -0.05) is 49.6 Å². The number of benzene rings is 1. The van der Waals surface area contributed by atoms with E-state index in [4.69, 9.17) is 12.6 Å². The Labute approximate surface area is 159 Å². The summed E-state index contributed by atoms with van der Waals surface area (Å²) in [7, 11) is 0. The number of hydrogen-bond donors (Lipinski definition) is 6. The van der Waals surface area contributed by atoms with E-state index >= 15 is 0 Å². The minimum atomic E-state index is -3.43. The summed E-state index contributed by atoms with van der Waals surface area (Å²) in [5.41, 5.74) is 0.00559. The van der Waals surface area contributed by atoms with Crippen LogP contribution in [0.2, 0.25) is 0 Å². The number of aliphatic hydroxyl groups is 6. The van der Waals surface area contributed by atoms with Gasteiger partial charge in [0.2, 0.25) is 14.7 Å². The Hall–Kier alpha value is -1.43. The average molecular weight is 388 g/mol. The van der Waals surface area contributed by atoms with E-state index in [0.717, 1.165) is 19.3 Å². The standard InChI is InChI=1S/C18H26O9/c19-11-14(20)17(22,23)18(24,25)16(15(21)12-7-3-1-4-8-12)27-26-13-9-5-2-6-10-13/h1,3-4,7-8,13-14,16,19-20,22-25H,2,5-6,9-11H2/t14-,16+/m1/s1/i22D,24D/t14-,16+,17-,18-. The van der Waals surface area contributed by atoms with Crippen molar-refractivity contribution in [3.63, 3.8) is 0 Å². The van der Waals surface area contributed by atoms with Crippen LogP contribution in [-0.2, 0) is 9.78 Å². The minimum absolute atomic E-state index is 0.00559.